The molecule has 7 nitrogen and oxygen atoms in total. The number of fused-ring (bicyclic) bond motifs is 4. The quantitative estimate of drug-likeness (QED) is 0.711. The first-order valence-electron chi connectivity index (χ1n) is 12.2. The summed E-state index contributed by atoms with van der Waals surface area (Å²) in [6.45, 7) is 0.760. The van der Waals surface area contributed by atoms with Gasteiger partial charge in [-0.2, -0.15) is 0 Å². The second kappa shape index (κ2) is 8.15. The number of nitrogens with zero attached hydrogens (tertiary/aromatic N) is 1. The molecule has 5 atom stereocenters. The van der Waals surface area contributed by atoms with Crippen molar-refractivity contribution < 1.29 is 24.2 Å². The highest BCUT2D eigenvalue weighted by Crippen LogP contribution is 2.48. The van der Waals surface area contributed by atoms with Gasteiger partial charge in [-0.05, 0) is 47.4 Å². The molecule has 0 spiro atoms. The lowest BCUT2D eigenvalue weighted by atomic mass is 9.74. The number of ether oxygens (including phenoxy) is 1. The lowest BCUT2D eigenvalue weighted by molar-refractivity contribution is -0.149. The number of nitrogens with one attached hydrogen (secondary N) is 1. The Kier molecular flexibility index (Phi) is 5.08. The minimum atomic E-state index is -0.809. The Balaban J connectivity index is 1.09. The number of hydrogen-bond donors (Lipinski definition) is 2. The van der Waals surface area contributed by atoms with Crippen molar-refractivity contribution in [2.24, 2.45) is 17.8 Å². The van der Waals surface area contributed by atoms with E-state index in [1.165, 1.54) is 11.1 Å². The molecule has 2 bridgehead atoms. The molecule has 2 N–H and O–H groups in total. The molecule has 5 aliphatic rings. The maximum Gasteiger partial charge on any atom is 0.407 e. The maximum absolute atomic E-state index is 13.2. The van der Waals surface area contributed by atoms with Crippen molar-refractivity contribution in [3.05, 3.63) is 59.7 Å². The summed E-state index contributed by atoms with van der Waals surface area (Å²) in [4.78, 5) is 39.2. The van der Waals surface area contributed by atoms with Crippen LogP contribution in [0.5, 0.6) is 0 Å². The van der Waals surface area contributed by atoms with Crippen molar-refractivity contribution in [3.8, 4) is 11.1 Å². The molecule has 0 radical (unpaired) electrons. The summed E-state index contributed by atoms with van der Waals surface area (Å²) < 4.78 is 5.68. The van der Waals surface area contributed by atoms with Gasteiger partial charge in [-0.1, -0.05) is 55.0 Å². The molecule has 7 rings (SSSR count). The zero-order valence-electron chi connectivity index (χ0n) is 18.9. The van der Waals surface area contributed by atoms with E-state index in [4.69, 9.17) is 4.74 Å². The first kappa shape index (κ1) is 21.2. The smallest absolute Gasteiger partial charge is 0.407 e. The number of aliphatic carboxylic acids is 1. The van der Waals surface area contributed by atoms with Crippen LogP contribution < -0.4 is 5.32 Å². The molecule has 4 fully saturated rings. The van der Waals surface area contributed by atoms with E-state index in [0.717, 1.165) is 30.4 Å². The van der Waals surface area contributed by atoms with E-state index in [-0.39, 0.29) is 42.4 Å². The summed E-state index contributed by atoms with van der Waals surface area (Å²) in [5.41, 5.74) is 4.67. The van der Waals surface area contributed by atoms with Crippen LogP contribution >= 0.6 is 0 Å². The van der Waals surface area contributed by atoms with Crippen LogP contribution in [-0.4, -0.2) is 53.2 Å². The molecule has 7 heteroatoms. The first-order valence-corrected chi connectivity index (χ1v) is 12.2. The molecule has 2 saturated carbocycles. The number of carboxylic acids is 1. The van der Waals surface area contributed by atoms with Crippen LogP contribution in [0.1, 0.15) is 42.7 Å². The average molecular weight is 461 g/mol. The maximum atomic E-state index is 13.2. The Morgan fingerprint density at radius 1 is 1.00 bits per heavy atom. The molecule has 2 aromatic rings. The van der Waals surface area contributed by atoms with E-state index in [1.807, 2.05) is 24.3 Å². The van der Waals surface area contributed by atoms with E-state index in [2.05, 4.69) is 29.6 Å². The first-order chi connectivity index (χ1) is 16.5. The topological polar surface area (TPSA) is 95.9 Å². The molecule has 2 amide bonds. The number of carboxylic acid groups (broad SMARTS) is 1. The van der Waals surface area contributed by atoms with Gasteiger partial charge < -0.3 is 20.1 Å². The van der Waals surface area contributed by atoms with Crippen molar-refractivity contribution in [1.82, 2.24) is 10.2 Å². The third-order valence-corrected chi connectivity index (χ3v) is 8.35. The van der Waals surface area contributed by atoms with Gasteiger partial charge in [-0.15, -0.1) is 0 Å². The Morgan fingerprint density at radius 3 is 2.32 bits per heavy atom. The summed E-state index contributed by atoms with van der Waals surface area (Å²) in [5, 5.41) is 12.4. The van der Waals surface area contributed by atoms with Gasteiger partial charge in [0.25, 0.3) is 0 Å². The van der Waals surface area contributed by atoms with Gasteiger partial charge >= 0.3 is 12.1 Å². The molecule has 2 aromatic carbocycles. The molecule has 2 aliphatic heterocycles. The Hall–Kier alpha value is -3.35. The predicted octanol–water partition coefficient (Wildman–Crippen LogP) is 3.63. The van der Waals surface area contributed by atoms with E-state index in [1.54, 1.807) is 4.90 Å². The lowest BCUT2D eigenvalue weighted by Crippen LogP contribution is -2.49. The zero-order valence-corrected chi connectivity index (χ0v) is 18.9. The van der Waals surface area contributed by atoms with E-state index in [0.29, 0.717) is 13.0 Å². The molecule has 3 aliphatic carbocycles. The summed E-state index contributed by atoms with van der Waals surface area (Å²) in [6.07, 6.45) is 2.57. The van der Waals surface area contributed by atoms with Gasteiger partial charge in [0.15, 0.2) is 0 Å². The van der Waals surface area contributed by atoms with Gasteiger partial charge in [0, 0.05) is 24.5 Å². The normalized spacial score (nSPS) is 28.7. The van der Waals surface area contributed by atoms with Crippen LogP contribution in [0.4, 0.5) is 4.79 Å². The summed E-state index contributed by atoms with van der Waals surface area (Å²) >= 11 is 0. The van der Waals surface area contributed by atoms with E-state index in [9.17, 15) is 19.5 Å². The lowest BCUT2D eigenvalue weighted by Gasteiger charge is -2.34. The standard InChI is InChI=1S/C27H28N2O5/c30-25(29-13-15-12-23(29)24(15)26(31)32)20-10-5-11-22(20)28-27(33)34-14-21-18-8-3-1-6-16(18)17-7-2-4-9-19(17)21/h1-4,6-9,15,20-24H,5,10-14H2,(H,28,33)(H,31,32). The van der Waals surface area contributed by atoms with Crippen molar-refractivity contribution in [1.29, 1.82) is 0 Å². The second-order valence-corrected chi connectivity index (χ2v) is 10.0. The molecule has 0 aromatic heterocycles. The van der Waals surface area contributed by atoms with Crippen molar-refractivity contribution in [2.45, 2.75) is 43.7 Å². The monoisotopic (exact) mass is 460 g/mol. The van der Waals surface area contributed by atoms with Crippen LogP contribution in [0.2, 0.25) is 0 Å². The van der Waals surface area contributed by atoms with Crippen LogP contribution in [0.15, 0.2) is 48.5 Å². The fourth-order valence-electron chi connectivity index (χ4n) is 6.67. The van der Waals surface area contributed by atoms with Crippen molar-refractivity contribution in [3.63, 3.8) is 0 Å². The van der Waals surface area contributed by atoms with Crippen LogP contribution in [0.25, 0.3) is 11.1 Å². The molecule has 176 valence electrons. The van der Waals surface area contributed by atoms with Crippen LogP contribution in [0.3, 0.4) is 0 Å². The van der Waals surface area contributed by atoms with Crippen LogP contribution in [0, 0.1) is 17.8 Å². The highest BCUT2D eigenvalue weighted by Gasteiger charge is 2.58. The number of rotatable bonds is 5. The number of alkyl carbamates (subject to hydrolysis) is 1. The van der Waals surface area contributed by atoms with E-state index < -0.39 is 18.0 Å². The minimum absolute atomic E-state index is 0.0106. The Bertz CT molecular complexity index is 1120. The Labute approximate surface area is 198 Å². The molecular weight excluding hydrogens is 432 g/mol. The number of amides is 2. The van der Waals surface area contributed by atoms with Crippen molar-refractivity contribution in [2.75, 3.05) is 13.2 Å². The highest BCUT2D eigenvalue weighted by atomic mass is 16.5. The molecule has 2 saturated heterocycles. The van der Waals surface area contributed by atoms with Gasteiger partial charge in [-0.3, -0.25) is 9.59 Å². The van der Waals surface area contributed by atoms with Gasteiger partial charge in [-0.25, -0.2) is 4.79 Å². The number of carbonyl (C=O) groups is 3. The molecule has 2 heterocycles. The molecular formula is C27H28N2O5. The van der Waals surface area contributed by atoms with Crippen LogP contribution in [-0.2, 0) is 14.3 Å². The largest absolute Gasteiger partial charge is 0.481 e. The Morgan fingerprint density at radius 2 is 1.68 bits per heavy atom. The van der Waals surface area contributed by atoms with Crippen molar-refractivity contribution >= 4 is 18.0 Å². The molecule has 5 unspecified atom stereocenters. The van der Waals surface area contributed by atoms with Gasteiger partial charge in [0.1, 0.15) is 6.61 Å². The SMILES string of the molecule is O=C(NC1CCCC1C(=O)N1CC2CC1C2C(=O)O)OCC1c2ccccc2-c2ccccc21. The van der Waals surface area contributed by atoms with Gasteiger partial charge in [0.05, 0.1) is 11.8 Å². The summed E-state index contributed by atoms with van der Waals surface area (Å²) in [7, 11) is 0. The number of carbonyl (C=O) groups excluding carboxylic acids is 2. The second-order valence-electron chi connectivity index (χ2n) is 10.0. The zero-order chi connectivity index (χ0) is 23.4. The fraction of sp³-hybridized carbons (Fsp3) is 0.444. The fourth-order valence-corrected chi connectivity index (χ4v) is 6.67. The minimum Gasteiger partial charge on any atom is -0.481 e. The predicted molar refractivity (Wildman–Crippen MR) is 124 cm³/mol. The van der Waals surface area contributed by atoms with E-state index >= 15 is 0 Å². The average Bonchev–Trinajstić information content (AvgIpc) is 3.59. The number of benzene rings is 2. The van der Waals surface area contributed by atoms with Gasteiger partial charge in [0.2, 0.25) is 5.91 Å². The highest BCUT2D eigenvalue weighted by molar-refractivity contribution is 5.84. The number of hydrogen-bond acceptors (Lipinski definition) is 4. The summed E-state index contributed by atoms with van der Waals surface area (Å²) in [6, 6.07) is 15.9. The molecule has 34 heavy (non-hydrogen) atoms. The third-order valence-electron chi connectivity index (χ3n) is 8.35. The summed E-state index contributed by atoms with van der Waals surface area (Å²) in [5.74, 6) is -1.51. The third kappa shape index (κ3) is 3.29.